The van der Waals surface area contributed by atoms with Gasteiger partial charge in [-0.3, -0.25) is 39.0 Å². The lowest BCUT2D eigenvalue weighted by Crippen LogP contribution is -2.54. The maximum absolute atomic E-state index is 13.2. The van der Waals surface area contributed by atoms with Gasteiger partial charge in [0.15, 0.2) is 0 Å². The molecule has 0 spiro atoms. The fraction of sp³-hybridized carbons (Fsp3) is 0.280. The first-order valence-electron chi connectivity index (χ1n) is 11.4. The van der Waals surface area contributed by atoms with Gasteiger partial charge in [-0.05, 0) is 49.2 Å². The summed E-state index contributed by atoms with van der Waals surface area (Å²) in [5, 5.41) is 4.95. The van der Waals surface area contributed by atoms with Gasteiger partial charge in [-0.15, -0.1) is 0 Å². The SMILES string of the molecule is O=C1CCC(N2C(=O)c3cccc(C(=O)N[C@H]4CCN(C(=O)c5ccc(F)cc5)C4)c3C2=O)C(=O)N1. The zero-order chi connectivity index (χ0) is 25.6. The highest BCUT2D eigenvalue weighted by molar-refractivity contribution is 6.26. The molecule has 0 bridgehead atoms. The van der Waals surface area contributed by atoms with E-state index in [4.69, 9.17) is 0 Å². The number of amides is 6. The van der Waals surface area contributed by atoms with Crippen LogP contribution in [0.3, 0.4) is 0 Å². The Balaban J connectivity index is 1.30. The maximum Gasteiger partial charge on any atom is 0.263 e. The van der Waals surface area contributed by atoms with Gasteiger partial charge in [0.2, 0.25) is 11.8 Å². The van der Waals surface area contributed by atoms with Gasteiger partial charge in [-0.1, -0.05) is 6.07 Å². The molecule has 0 radical (unpaired) electrons. The van der Waals surface area contributed by atoms with Gasteiger partial charge in [0.1, 0.15) is 11.9 Å². The van der Waals surface area contributed by atoms with Crippen LogP contribution in [-0.4, -0.2) is 70.4 Å². The van der Waals surface area contributed by atoms with Gasteiger partial charge in [0.25, 0.3) is 23.6 Å². The number of piperidine rings is 1. The number of hydrogen-bond donors (Lipinski definition) is 2. The number of carbonyl (C=O) groups excluding carboxylic acids is 6. The second-order valence-corrected chi connectivity index (χ2v) is 8.89. The summed E-state index contributed by atoms with van der Waals surface area (Å²) >= 11 is 0. The molecule has 3 aliphatic rings. The van der Waals surface area contributed by atoms with E-state index in [0.29, 0.717) is 18.5 Å². The van der Waals surface area contributed by atoms with Crippen LogP contribution in [0.25, 0.3) is 0 Å². The first-order valence-corrected chi connectivity index (χ1v) is 11.4. The third-order valence-electron chi connectivity index (χ3n) is 6.61. The average molecular weight is 492 g/mol. The van der Waals surface area contributed by atoms with Crippen molar-refractivity contribution in [1.29, 1.82) is 0 Å². The Morgan fingerprint density at radius 2 is 1.72 bits per heavy atom. The van der Waals surface area contributed by atoms with Crippen molar-refractivity contribution in [2.24, 2.45) is 0 Å². The summed E-state index contributed by atoms with van der Waals surface area (Å²) < 4.78 is 13.2. The second kappa shape index (κ2) is 8.99. The molecule has 2 aromatic rings. The molecule has 6 amide bonds. The molecule has 0 aliphatic carbocycles. The Morgan fingerprint density at radius 1 is 0.972 bits per heavy atom. The molecule has 5 rings (SSSR count). The summed E-state index contributed by atoms with van der Waals surface area (Å²) in [4.78, 5) is 78.1. The van der Waals surface area contributed by atoms with E-state index in [1.807, 2.05) is 0 Å². The molecule has 2 fully saturated rings. The number of fused-ring (bicyclic) bond motifs is 1. The molecule has 1 unspecified atom stereocenters. The molecule has 0 aromatic heterocycles. The highest BCUT2D eigenvalue weighted by atomic mass is 19.1. The van der Waals surface area contributed by atoms with Crippen LogP contribution in [0.15, 0.2) is 42.5 Å². The van der Waals surface area contributed by atoms with E-state index in [1.165, 1.54) is 42.5 Å². The van der Waals surface area contributed by atoms with Crippen molar-refractivity contribution >= 4 is 35.4 Å². The molecule has 2 saturated heterocycles. The lowest BCUT2D eigenvalue weighted by molar-refractivity contribution is -0.136. The summed E-state index contributed by atoms with van der Waals surface area (Å²) in [6.07, 6.45) is 0.479. The minimum absolute atomic E-state index is 0.00796. The lowest BCUT2D eigenvalue weighted by atomic mass is 10.0. The number of rotatable bonds is 4. The third kappa shape index (κ3) is 4.02. The average Bonchev–Trinajstić information content (AvgIpc) is 3.42. The fourth-order valence-electron chi connectivity index (χ4n) is 4.80. The van der Waals surface area contributed by atoms with Crippen molar-refractivity contribution in [3.05, 3.63) is 70.5 Å². The number of nitrogens with zero attached hydrogens (tertiary/aromatic N) is 2. The summed E-state index contributed by atoms with van der Waals surface area (Å²) in [7, 11) is 0. The zero-order valence-electron chi connectivity index (χ0n) is 19.0. The Morgan fingerprint density at radius 3 is 2.44 bits per heavy atom. The Kier molecular flexibility index (Phi) is 5.83. The largest absolute Gasteiger partial charge is 0.347 e. The molecule has 11 heteroatoms. The van der Waals surface area contributed by atoms with E-state index < -0.39 is 47.4 Å². The number of imide groups is 2. The normalized spacial score (nSPS) is 21.5. The van der Waals surface area contributed by atoms with Gasteiger partial charge < -0.3 is 10.2 Å². The van der Waals surface area contributed by atoms with Crippen LogP contribution in [0, 0.1) is 5.82 Å². The molecule has 10 nitrogen and oxygen atoms in total. The van der Waals surface area contributed by atoms with Gasteiger partial charge in [0.05, 0.1) is 16.7 Å². The smallest absolute Gasteiger partial charge is 0.263 e. The quantitative estimate of drug-likeness (QED) is 0.609. The molecule has 0 saturated carbocycles. The van der Waals surface area contributed by atoms with Gasteiger partial charge >= 0.3 is 0 Å². The zero-order valence-corrected chi connectivity index (χ0v) is 19.0. The van der Waals surface area contributed by atoms with Crippen LogP contribution in [0.4, 0.5) is 4.39 Å². The molecular weight excluding hydrogens is 471 g/mol. The summed E-state index contributed by atoms with van der Waals surface area (Å²) in [6.45, 7) is 0.612. The van der Waals surface area contributed by atoms with Gasteiger partial charge in [-0.2, -0.15) is 0 Å². The molecule has 2 N–H and O–H groups in total. The molecule has 36 heavy (non-hydrogen) atoms. The van der Waals surface area contributed by atoms with Crippen LogP contribution in [0.5, 0.6) is 0 Å². The van der Waals surface area contributed by atoms with E-state index in [-0.39, 0.29) is 42.0 Å². The monoisotopic (exact) mass is 492 g/mol. The summed E-state index contributed by atoms with van der Waals surface area (Å²) in [5.41, 5.74) is 0.240. The number of benzene rings is 2. The molecule has 2 aromatic carbocycles. The number of likely N-dealkylation sites (tertiary alicyclic amines) is 1. The maximum atomic E-state index is 13.2. The standard InChI is InChI=1S/C25H21FN4O6/c26-14-6-4-13(5-7-14)23(34)29-11-10-15(12-29)27-21(32)16-2-1-3-17-20(16)25(36)30(24(17)35)18-8-9-19(31)28-22(18)33/h1-7,15,18H,8-12H2,(H,27,32)(H,28,31,33)/t15-,18?/m0/s1. The molecule has 2 atom stereocenters. The first kappa shape index (κ1) is 23.3. The summed E-state index contributed by atoms with van der Waals surface area (Å²) in [5.74, 6) is -3.99. The van der Waals surface area contributed by atoms with E-state index in [9.17, 15) is 33.2 Å². The second-order valence-electron chi connectivity index (χ2n) is 8.89. The van der Waals surface area contributed by atoms with Crippen LogP contribution >= 0.6 is 0 Å². The molecule has 184 valence electrons. The molecule has 3 heterocycles. The van der Waals surface area contributed by atoms with E-state index in [2.05, 4.69) is 10.6 Å². The van der Waals surface area contributed by atoms with Crippen molar-refractivity contribution in [3.63, 3.8) is 0 Å². The van der Waals surface area contributed by atoms with Crippen molar-refractivity contribution in [2.75, 3.05) is 13.1 Å². The number of nitrogens with one attached hydrogen (secondary N) is 2. The molecular formula is C25H21FN4O6. The predicted molar refractivity (Wildman–Crippen MR) is 121 cm³/mol. The third-order valence-corrected chi connectivity index (χ3v) is 6.61. The summed E-state index contributed by atoms with van der Waals surface area (Å²) in [6, 6.07) is 7.99. The van der Waals surface area contributed by atoms with E-state index >= 15 is 0 Å². The predicted octanol–water partition coefficient (Wildman–Crippen LogP) is 0.871. The van der Waals surface area contributed by atoms with Crippen LogP contribution in [0.1, 0.15) is 60.7 Å². The minimum atomic E-state index is -1.13. The lowest BCUT2D eigenvalue weighted by Gasteiger charge is -2.27. The highest BCUT2D eigenvalue weighted by Crippen LogP contribution is 2.30. The Labute approximate surface area is 204 Å². The number of carbonyl (C=O) groups is 6. The van der Waals surface area contributed by atoms with Gasteiger partial charge in [-0.25, -0.2) is 4.39 Å². The Bertz CT molecular complexity index is 1320. The Hall–Kier alpha value is -4.41. The topological polar surface area (TPSA) is 133 Å². The van der Waals surface area contributed by atoms with Crippen LogP contribution in [-0.2, 0) is 9.59 Å². The van der Waals surface area contributed by atoms with Crippen molar-refractivity contribution in [2.45, 2.75) is 31.3 Å². The minimum Gasteiger partial charge on any atom is -0.347 e. The van der Waals surface area contributed by atoms with Crippen molar-refractivity contribution in [3.8, 4) is 0 Å². The van der Waals surface area contributed by atoms with Crippen LogP contribution < -0.4 is 10.6 Å². The fourth-order valence-corrected chi connectivity index (χ4v) is 4.80. The van der Waals surface area contributed by atoms with Gasteiger partial charge in [0, 0.05) is 31.1 Å². The van der Waals surface area contributed by atoms with Crippen molar-refractivity contribution in [1.82, 2.24) is 20.4 Å². The van der Waals surface area contributed by atoms with Crippen molar-refractivity contribution < 1.29 is 33.2 Å². The first-order chi connectivity index (χ1) is 17.2. The van der Waals surface area contributed by atoms with Crippen LogP contribution in [0.2, 0.25) is 0 Å². The molecule has 3 aliphatic heterocycles. The van der Waals surface area contributed by atoms with E-state index in [0.717, 1.165) is 4.90 Å². The number of halogens is 1. The number of hydrogen-bond acceptors (Lipinski definition) is 6. The van der Waals surface area contributed by atoms with E-state index in [1.54, 1.807) is 4.90 Å². The highest BCUT2D eigenvalue weighted by Gasteiger charge is 2.46.